The van der Waals surface area contributed by atoms with Gasteiger partial charge in [0, 0.05) is 13.8 Å². The summed E-state index contributed by atoms with van der Waals surface area (Å²) in [7, 11) is 0. The second kappa shape index (κ2) is 5.61. The summed E-state index contributed by atoms with van der Waals surface area (Å²) in [5, 5.41) is -0.0292. The lowest BCUT2D eigenvalue weighted by Crippen LogP contribution is -2.51. The summed E-state index contributed by atoms with van der Waals surface area (Å²) in [6, 6.07) is 5.04. The van der Waals surface area contributed by atoms with Crippen LogP contribution in [0.15, 0.2) is 18.2 Å². The van der Waals surface area contributed by atoms with Crippen LogP contribution in [0.1, 0.15) is 19.4 Å². The highest BCUT2D eigenvalue weighted by Crippen LogP contribution is 2.32. The van der Waals surface area contributed by atoms with Crippen molar-refractivity contribution in [1.29, 1.82) is 0 Å². The maximum Gasteiger partial charge on any atom is 0.331 e. The average Bonchev–Trinajstić information content (AvgIpc) is 2.37. The van der Waals surface area contributed by atoms with Gasteiger partial charge in [-0.15, -0.1) is 0 Å². The molecule has 0 unspecified atom stereocenters. The van der Waals surface area contributed by atoms with Gasteiger partial charge in [-0.25, -0.2) is 4.79 Å². The number of ether oxygens (including phenoxy) is 1. The number of thiocarbonyl (C=S) groups is 1. The Labute approximate surface area is 127 Å². The fourth-order valence-electron chi connectivity index (χ4n) is 2.01. The normalized spacial score (nSPS) is 15.0. The highest BCUT2D eigenvalue weighted by molar-refractivity contribution is 7.80. The lowest BCUT2D eigenvalue weighted by atomic mass is 10.2. The third-order valence-corrected chi connectivity index (χ3v) is 3.39. The van der Waals surface area contributed by atoms with Gasteiger partial charge in [0.25, 0.3) is 0 Å². The lowest BCUT2D eigenvalue weighted by molar-refractivity contribution is -0.139. The zero-order valence-corrected chi connectivity index (χ0v) is 12.7. The van der Waals surface area contributed by atoms with Crippen LogP contribution in [0.4, 0.5) is 5.69 Å². The molecule has 1 aromatic rings. The molecule has 0 N–H and O–H groups in total. The van der Waals surface area contributed by atoms with Crippen molar-refractivity contribution in [3.8, 4) is 5.75 Å². The first-order chi connectivity index (χ1) is 9.81. The van der Waals surface area contributed by atoms with Gasteiger partial charge in [-0.05, 0) is 36.8 Å². The smallest absolute Gasteiger partial charge is 0.331 e. The van der Waals surface area contributed by atoms with Crippen molar-refractivity contribution in [2.75, 3.05) is 11.4 Å². The molecule has 0 bridgehead atoms. The second-order valence-corrected chi connectivity index (χ2v) is 5.05. The Bertz CT molecular complexity index is 656. The summed E-state index contributed by atoms with van der Waals surface area (Å²) in [6.07, 6.45) is 0. The van der Waals surface area contributed by atoms with Gasteiger partial charge in [0.2, 0.25) is 11.8 Å². The Morgan fingerprint density at radius 1 is 1.24 bits per heavy atom. The molecule has 21 heavy (non-hydrogen) atoms. The van der Waals surface area contributed by atoms with Gasteiger partial charge in [-0.3, -0.25) is 19.4 Å². The third kappa shape index (κ3) is 2.92. The van der Waals surface area contributed by atoms with Crippen LogP contribution in [-0.2, 0) is 14.4 Å². The maximum absolute atomic E-state index is 12.0. The zero-order valence-electron chi connectivity index (χ0n) is 11.9. The summed E-state index contributed by atoms with van der Waals surface area (Å²) in [4.78, 5) is 37.7. The fourth-order valence-corrected chi connectivity index (χ4v) is 2.43. The molecule has 0 saturated heterocycles. The largest absolute Gasteiger partial charge is 0.423 e. The highest BCUT2D eigenvalue weighted by atomic mass is 32.1. The van der Waals surface area contributed by atoms with E-state index in [4.69, 9.17) is 17.0 Å². The summed E-state index contributed by atoms with van der Waals surface area (Å²) in [5.41, 5.74) is 1.22. The first kappa shape index (κ1) is 15.1. The summed E-state index contributed by atoms with van der Waals surface area (Å²) < 4.78 is 5.21. The van der Waals surface area contributed by atoms with Crippen LogP contribution in [0.3, 0.4) is 0 Å². The van der Waals surface area contributed by atoms with Crippen molar-refractivity contribution in [2.24, 2.45) is 0 Å². The summed E-state index contributed by atoms with van der Waals surface area (Å²) in [5.74, 6) is -1.16. The molecule has 0 aliphatic carbocycles. The molecule has 0 spiro atoms. The Morgan fingerprint density at radius 2 is 1.90 bits per heavy atom. The van der Waals surface area contributed by atoms with Crippen LogP contribution in [0.25, 0.3) is 0 Å². The van der Waals surface area contributed by atoms with Crippen LogP contribution in [0.5, 0.6) is 5.75 Å². The number of anilines is 1. The van der Waals surface area contributed by atoms with E-state index in [1.165, 1.54) is 18.7 Å². The minimum absolute atomic E-state index is 0.0292. The quantitative estimate of drug-likeness (QED) is 0.412. The van der Waals surface area contributed by atoms with E-state index in [-0.39, 0.29) is 23.3 Å². The molecule has 0 radical (unpaired) electrons. The predicted molar refractivity (Wildman–Crippen MR) is 80.0 cm³/mol. The molecule has 1 heterocycles. The molecule has 6 nitrogen and oxygen atoms in total. The van der Waals surface area contributed by atoms with E-state index in [1.807, 2.05) is 6.92 Å². The zero-order chi connectivity index (χ0) is 15.7. The van der Waals surface area contributed by atoms with Crippen LogP contribution in [-0.4, -0.2) is 34.3 Å². The van der Waals surface area contributed by atoms with Crippen molar-refractivity contribution < 1.29 is 19.1 Å². The average molecular weight is 306 g/mol. The van der Waals surface area contributed by atoms with E-state index in [2.05, 4.69) is 0 Å². The molecule has 1 aliphatic heterocycles. The number of fused-ring (bicyclic) bond motifs is 1. The maximum atomic E-state index is 12.0. The van der Waals surface area contributed by atoms with Crippen molar-refractivity contribution in [1.82, 2.24) is 4.90 Å². The van der Waals surface area contributed by atoms with Gasteiger partial charge < -0.3 is 4.74 Å². The Balaban J connectivity index is 2.63. The van der Waals surface area contributed by atoms with Crippen molar-refractivity contribution in [3.63, 3.8) is 0 Å². The minimum Gasteiger partial charge on any atom is -0.423 e. The Hall–Kier alpha value is -2.28. The monoisotopic (exact) mass is 306 g/mol. The second-order valence-electron chi connectivity index (χ2n) is 4.69. The number of aryl methyl sites for hydroxylation is 1. The van der Waals surface area contributed by atoms with Crippen LogP contribution in [0, 0.1) is 6.92 Å². The molecule has 2 amide bonds. The van der Waals surface area contributed by atoms with E-state index < -0.39 is 11.9 Å². The molecule has 110 valence electrons. The number of hydrogen-bond acceptors (Lipinski definition) is 5. The van der Waals surface area contributed by atoms with E-state index in [0.717, 1.165) is 10.5 Å². The number of rotatable bonds is 0. The van der Waals surface area contributed by atoms with E-state index >= 15 is 0 Å². The number of hydrogen-bond donors (Lipinski definition) is 0. The highest BCUT2D eigenvalue weighted by Gasteiger charge is 2.32. The van der Waals surface area contributed by atoms with E-state index in [9.17, 15) is 14.4 Å². The molecule has 1 aromatic carbocycles. The molecule has 0 atom stereocenters. The van der Waals surface area contributed by atoms with Crippen LogP contribution in [0.2, 0.25) is 0 Å². The van der Waals surface area contributed by atoms with Gasteiger partial charge in [-0.2, -0.15) is 0 Å². The number of amides is 2. The third-order valence-electron chi connectivity index (χ3n) is 2.98. The Morgan fingerprint density at radius 3 is 2.48 bits per heavy atom. The van der Waals surface area contributed by atoms with Gasteiger partial charge in [0.15, 0.2) is 10.9 Å². The first-order valence-corrected chi connectivity index (χ1v) is 6.66. The summed E-state index contributed by atoms with van der Waals surface area (Å²) >= 11 is 5.22. The molecule has 7 heteroatoms. The molecule has 1 aliphatic rings. The van der Waals surface area contributed by atoms with Crippen LogP contribution < -0.4 is 9.64 Å². The van der Waals surface area contributed by atoms with Crippen LogP contribution >= 0.6 is 12.2 Å². The van der Waals surface area contributed by atoms with E-state index in [0.29, 0.717) is 5.69 Å². The van der Waals surface area contributed by atoms with Gasteiger partial charge in [0.05, 0.1) is 5.69 Å². The van der Waals surface area contributed by atoms with Crippen molar-refractivity contribution in [2.45, 2.75) is 20.8 Å². The molecular weight excluding hydrogens is 292 g/mol. The number of nitrogens with zero attached hydrogens (tertiary/aromatic N) is 2. The SMILES string of the molecule is CC(=O)N1CC(=O)Oc2ccc(C)cc2N(C(C)=O)C1=S. The number of benzene rings is 1. The molecule has 0 saturated carbocycles. The number of carbonyl (C=O) groups excluding carboxylic acids is 3. The fraction of sp³-hybridized carbons (Fsp3) is 0.286. The standard InChI is InChI=1S/C14H14N2O4S/c1-8-4-5-12-11(6-8)16(10(3)18)14(21)15(9(2)17)7-13(19)20-12/h4-6H,7H2,1-3H3. The molecule has 0 aromatic heterocycles. The minimum atomic E-state index is -0.610. The lowest BCUT2D eigenvalue weighted by Gasteiger charge is -2.32. The van der Waals surface area contributed by atoms with Gasteiger partial charge >= 0.3 is 5.97 Å². The van der Waals surface area contributed by atoms with E-state index in [1.54, 1.807) is 18.2 Å². The molecular formula is C14H14N2O4S. The Kier molecular flexibility index (Phi) is 4.04. The van der Waals surface area contributed by atoms with Crippen molar-refractivity contribution in [3.05, 3.63) is 23.8 Å². The molecule has 2 rings (SSSR count). The first-order valence-electron chi connectivity index (χ1n) is 6.25. The van der Waals surface area contributed by atoms with Gasteiger partial charge in [0.1, 0.15) is 6.54 Å². The topological polar surface area (TPSA) is 66.9 Å². The molecule has 0 fully saturated rings. The van der Waals surface area contributed by atoms with Gasteiger partial charge in [-0.1, -0.05) is 6.07 Å². The number of carbonyl (C=O) groups is 3. The number of esters is 1. The summed E-state index contributed by atoms with van der Waals surface area (Å²) in [6.45, 7) is 4.12. The van der Waals surface area contributed by atoms with Crippen molar-refractivity contribution >= 4 is 40.8 Å². The predicted octanol–water partition coefficient (Wildman–Crippen LogP) is 1.40.